The highest BCUT2D eigenvalue weighted by Crippen LogP contribution is 2.12. The minimum absolute atomic E-state index is 0.0915. The maximum atomic E-state index is 11.7. The second kappa shape index (κ2) is 6.16. The van der Waals surface area contributed by atoms with Crippen LogP contribution in [0, 0.1) is 0 Å². The number of urea groups is 1. The molecular weight excluding hydrogens is 233 g/mol. The molecule has 0 saturated carbocycles. The summed E-state index contributed by atoms with van der Waals surface area (Å²) in [5.74, 6) is 0. The second-order valence-electron chi connectivity index (χ2n) is 2.70. The maximum Gasteiger partial charge on any atom is 0.415 e. The molecule has 94 valence electrons. The van der Waals surface area contributed by atoms with Crippen molar-refractivity contribution in [2.75, 3.05) is 26.8 Å². The van der Waals surface area contributed by atoms with Gasteiger partial charge in [0.2, 0.25) is 0 Å². The van der Waals surface area contributed by atoms with Gasteiger partial charge < -0.3 is 15.2 Å². The van der Waals surface area contributed by atoms with Gasteiger partial charge in [0.1, 0.15) is 6.54 Å². The van der Waals surface area contributed by atoms with E-state index in [9.17, 15) is 22.8 Å². The summed E-state index contributed by atoms with van der Waals surface area (Å²) in [6, 6.07) is -1.33. The number of carbonyl (C=O) groups is 2. The molecule has 0 aliphatic heterocycles. The highest BCUT2D eigenvalue weighted by atomic mass is 19.4. The lowest BCUT2D eigenvalue weighted by molar-refractivity contribution is -0.123. The Bertz CT molecular complexity index is 257. The summed E-state index contributed by atoms with van der Waals surface area (Å²) >= 11 is 0. The topological polar surface area (TPSA) is 78.9 Å². The number of hydrogen-bond donors (Lipinski definition) is 2. The van der Waals surface area contributed by atoms with E-state index in [1.807, 2.05) is 0 Å². The number of amides is 3. The number of nitrogens with zero attached hydrogens (tertiary/aromatic N) is 1. The summed E-state index contributed by atoms with van der Waals surface area (Å²) in [6.45, 7) is -2.01. The highest BCUT2D eigenvalue weighted by Gasteiger charge is 2.30. The number of carboxylic acid groups (broad SMARTS) is 1. The normalized spacial score (nSPS) is 11.0. The van der Waals surface area contributed by atoms with Gasteiger partial charge in [-0.05, 0) is 0 Å². The second-order valence-corrected chi connectivity index (χ2v) is 2.70. The zero-order valence-electron chi connectivity index (χ0n) is 8.37. The van der Waals surface area contributed by atoms with Crippen LogP contribution in [0.5, 0.6) is 0 Å². The Morgan fingerprint density at radius 2 is 2.00 bits per heavy atom. The summed E-state index contributed by atoms with van der Waals surface area (Å²) < 4.78 is 39.7. The summed E-state index contributed by atoms with van der Waals surface area (Å²) in [7, 11) is 1.27. The average Bonchev–Trinajstić information content (AvgIpc) is 2.13. The summed E-state index contributed by atoms with van der Waals surface area (Å²) in [5.41, 5.74) is 0. The van der Waals surface area contributed by atoms with E-state index in [0.29, 0.717) is 0 Å². The van der Waals surface area contributed by atoms with Gasteiger partial charge >= 0.3 is 18.3 Å². The Morgan fingerprint density at radius 3 is 2.38 bits per heavy atom. The minimum Gasteiger partial charge on any atom is -0.465 e. The van der Waals surface area contributed by atoms with Crippen molar-refractivity contribution in [1.29, 1.82) is 0 Å². The molecule has 0 aromatic heterocycles. The molecule has 0 aliphatic carbocycles. The molecule has 16 heavy (non-hydrogen) atoms. The van der Waals surface area contributed by atoms with Crippen LogP contribution in [0.3, 0.4) is 0 Å². The number of imide groups is 1. The number of carbonyl (C=O) groups excluding carboxylic acids is 1. The molecule has 0 aromatic rings. The minimum atomic E-state index is -4.58. The predicted molar refractivity (Wildman–Crippen MR) is 46.1 cm³/mol. The van der Waals surface area contributed by atoms with Crippen LogP contribution in [-0.2, 0) is 4.74 Å². The molecule has 0 aromatic carbocycles. The lowest BCUT2D eigenvalue weighted by Crippen LogP contribution is -2.47. The van der Waals surface area contributed by atoms with Crippen molar-refractivity contribution in [1.82, 2.24) is 10.2 Å². The van der Waals surface area contributed by atoms with Gasteiger partial charge in [-0.1, -0.05) is 0 Å². The lowest BCUT2D eigenvalue weighted by atomic mass is 10.5. The number of rotatable bonds is 4. The third-order valence-corrected chi connectivity index (χ3v) is 1.44. The van der Waals surface area contributed by atoms with Gasteiger partial charge in [0.15, 0.2) is 0 Å². The first-order chi connectivity index (χ1) is 7.28. The Kier molecular flexibility index (Phi) is 5.57. The molecule has 0 aliphatic rings. The molecule has 0 heterocycles. The van der Waals surface area contributed by atoms with Crippen LogP contribution >= 0.6 is 0 Å². The van der Waals surface area contributed by atoms with E-state index < -0.39 is 24.8 Å². The number of nitrogens with one attached hydrogen (secondary N) is 1. The van der Waals surface area contributed by atoms with E-state index in [1.165, 1.54) is 12.4 Å². The molecule has 0 rings (SSSR count). The Labute approximate surface area is 89.0 Å². The Hall–Kier alpha value is -1.51. The number of methoxy groups -OCH3 is 1. The van der Waals surface area contributed by atoms with Crippen LogP contribution in [0.25, 0.3) is 0 Å². The van der Waals surface area contributed by atoms with Gasteiger partial charge in [0.25, 0.3) is 0 Å². The molecular formula is C7H11F3N2O4. The average molecular weight is 244 g/mol. The molecule has 0 saturated heterocycles. The number of hydrogen-bond acceptors (Lipinski definition) is 3. The van der Waals surface area contributed by atoms with Crippen molar-refractivity contribution in [3.63, 3.8) is 0 Å². The zero-order chi connectivity index (χ0) is 12.8. The first kappa shape index (κ1) is 14.5. The molecule has 3 amide bonds. The molecule has 6 nitrogen and oxygen atoms in total. The summed E-state index contributed by atoms with van der Waals surface area (Å²) in [4.78, 5) is 21.7. The van der Waals surface area contributed by atoms with Gasteiger partial charge in [-0.3, -0.25) is 0 Å². The van der Waals surface area contributed by atoms with E-state index in [0.717, 1.165) is 0 Å². The van der Waals surface area contributed by atoms with Crippen molar-refractivity contribution >= 4 is 12.1 Å². The number of alkyl halides is 3. The first-order valence-electron chi connectivity index (χ1n) is 4.12. The largest absolute Gasteiger partial charge is 0.465 e. The third kappa shape index (κ3) is 6.06. The predicted octanol–water partition coefficient (Wildman–Crippen LogP) is 0.885. The molecule has 9 heteroatoms. The van der Waals surface area contributed by atoms with E-state index in [1.54, 1.807) is 0 Å². The van der Waals surface area contributed by atoms with Crippen LogP contribution in [0.4, 0.5) is 22.8 Å². The van der Waals surface area contributed by atoms with Crippen LogP contribution in [0.2, 0.25) is 0 Å². The van der Waals surface area contributed by atoms with Gasteiger partial charge in [-0.15, -0.1) is 0 Å². The van der Waals surface area contributed by atoms with E-state index in [-0.39, 0.29) is 18.1 Å². The fourth-order valence-electron chi connectivity index (χ4n) is 0.738. The third-order valence-electron chi connectivity index (χ3n) is 1.44. The monoisotopic (exact) mass is 244 g/mol. The molecule has 2 N–H and O–H groups in total. The number of halogens is 3. The van der Waals surface area contributed by atoms with Gasteiger partial charge in [0.05, 0.1) is 13.2 Å². The quantitative estimate of drug-likeness (QED) is 0.769. The fraction of sp³-hybridized carbons (Fsp3) is 0.714. The van der Waals surface area contributed by atoms with E-state index >= 15 is 0 Å². The van der Waals surface area contributed by atoms with E-state index in [2.05, 4.69) is 4.74 Å². The number of ether oxygens (including phenoxy) is 1. The van der Waals surface area contributed by atoms with Crippen molar-refractivity contribution < 1.29 is 32.6 Å². The van der Waals surface area contributed by atoms with Gasteiger partial charge in [-0.2, -0.15) is 13.2 Å². The van der Waals surface area contributed by atoms with Crippen LogP contribution < -0.4 is 5.32 Å². The van der Waals surface area contributed by atoms with Crippen molar-refractivity contribution in [3.05, 3.63) is 0 Å². The van der Waals surface area contributed by atoms with Crippen molar-refractivity contribution in [2.24, 2.45) is 0 Å². The molecule has 0 fully saturated rings. The maximum absolute atomic E-state index is 11.7. The molecule has 0 unspecified atom stereocenters. The van der Waals surface area contributed by atoms with Gasteiger partial charge in [0, 0.05) is 7.11 Å². The molecule has 0 radical (unpaired) electrons. The standard InChI is InChI=1S/C7H11F3N2O4/c1-16-3-2-12(6(14)15)5(13)11-4-7(8,9)10/h2-4H2,1H3,(H,11,13)(H,14,15). The lowest BCUT2D eigenvalue weighted by Gasteiger charge is -2.18. The SMILES string of the molecule is COCCN(C(=O)O)C(=O)NCC(F)(F)F. The van der Waals surface area contributed by atoms with Gasteiger partial charge in [-0.25, -0.2) is 14.5 Å². The zero-order valence-corrected chi connectivity index (χ0v) is 8.37. The smallest absolute Gasteiger partial charge is 0.415 e. The Morgan fingerprint density at radius 1 is 1.44 bits per heavy atom. The first-order valence-corrected chi connectivity index (χ1v) is 4.12. The Balaban J connectivity index is 4.23. The fourth-order valence-corrected chi connectivity index (χ4v) is 0.738. The summed E-state index contributed by atoms with van der Waals surface area (Å²) in [6.07, 6.45) is -6.22. The molecule has 0 bridgehead atoms. The highest BCUT2D eigenvalue weighted by molar-refractivity contribution is 5.89. The summed E-state index contributed by atoms with van der Waals surface area (Å²) in [5, 5.41) is 9.97. The molecule has 0 spiro atoms. The van der Waals surface area contributed by atoms with E-state index in [4.69, 9.17) is 5.11 Å². The van der Waals surface area contributed by atoms with Crippen molar-refractivity contribution in [3.8, 4) is 0 Å². The van der Waals surface area contributed by atoms with Crippen LogP contribution in [0.15, 0.2) is 0 Å². The van der Waals surface area contributed by atoms with Crippen molar-refractivity contribution in [2.45, 2.75) is 6.18 Å². The van der Waals surface area contributed by atoms with Crippen LogP contribution in [0.1, 0.15) is 0 Å². The van der Waals surface area contributed by atoms with Crippen LogP contribution in [-0.4, -0.2) is 55.1 Å². The molecule has 0 atom stereocenters.